The lowest BCUT2D eigenvalue weighted by Gasteiger charge is -2.14. The highest BCUT2D eigenvalue weighted by molar-refractivity contribution is 9.10. The number of nitrogens with zero attached hydrogens (tertiary/aromatic N) is 3. The number of ether oxygens (including phenoxy) is 1. The molecule has 9 heteroatoms. The average molecular weight is 502 g/mol. The number of hydrogen-bond donors (Lipinski definition) is 1. The summed E-state index contributed by atoms with van der Waals surface area (Å²) in [7, 11) is 0. The number of ketones is 1. The largest absolute Gasteiger partial charge is 0.466 e. The Hall–Kier alpha value is -2.67. The Bertz CT molecular complexity index is 1160. The van der Waals surface area contributed by atoms with Crippen molar-refractivity contribution >= 4 is 50.2 Å². The quantitative estimate of drug-likeness (QED) is 0.350. The summed E-state index contributed by atoms with van der Waals surface area (Å²) in [6.45, 7) is 1.43. The van der Waals surface area contributed by atoms with Crippen molar-refractivity contribution in [2.75, 3.05) is 19.0 Å². The number of thioether (sulfide) groups is 1. The molecule has 160 valence electrons. The van der Waals surface area contributed by atoms with Gasteiger partial charge in [-0.15, -0.1) is 0 Å². The zero-order valence-electron chi connectivity index (χ0n) is 16.7. The molecule has 0 aliphatic heterocycles. The molecule has 0 saturated carbocycles. The van der Waals surface area contributed by atoms with Crippen LogP contribution in [-0.4, -0.2) is 45.4 Å². The number of imidazole rings is 1. The Labute approximate surface area is 192 Å². The summed E-state index contributed by atoms with van der Waals surface area (Å²) in [5, 5.41) is 21.1. The third-order valence-electron chi connectivity index (χ3n) is 4.63. The number of rotatable bonds is 9. The maximum Gasteiger partial charge on any atom is 0.311 e. The zero-order chi connectivity index (χ0) is 22.4. The first-order valence-corrected chi connectivity index (χ1v) is 11.3. The normalized spacial score (nSPS) is 11.8. The number of aliphatic hydroxyl groups excluding tert-OH is 1. The first-order chi connectivity index (χ1) is 15.0. The molecule has 0 saturated heterocycles. The van der Waals surface area contributed by atoms with E-state index in [4.69, 9.17) is 4.74 Å². The van der Waals surface area contributed by atoms with Crippen molar-refractivity contribution in [3.63, 3.8) is 0 Å². The summed E-state index contributed by atoms with van der Waals surface area (Å²) in [5.41, 5.74) is 1.41. The van der Waals surface area contributed by atoms with Gasteiger partial charge in [-0.2, -0.15) is 5.26 Å². The maximum absolute atomic E-state index is 12.4. The van der Waals surface area contributed by atoms with Crippen LogP contribution in [0.2, 0.25) is 0 Å². The van der Waals surface area contributed by atoms with Crippen LogP contribution in [0, 0.1) is 17.2 Å². The third-order valence-corrected chi connectivity index (χ3v) is 6.20. The van der Waals surface area contributed by atoms with Crippen molar-refractivity contribution < 1.29 is 19.4 Å². The molecule has 3 aromatic rings. The average Bonchev–Trinajstić information content (AvgIpc) is 3.15. The van der Waals surface area contributed by atoms with Crippen LogP contribution in [0.5, 0.6) is 0 Å². The number of aromatic nitrogens is 2. The van der Waals surface area contributed by atoms with E-state index in [2.05, 4.69) is 27.0 Å². The highest BCUT2D eigenvalue weighted by atomic mass is 79.9. The predicted molar refractivity (Wildman–Crippen MR) is 121 cm³/mol. The van der Waals surface area contributed by atoms with Crippen molar-refractivity contribution in [3.05, 3.63) is 52.8 Å². The Morgan fingerprint density at radius 1 is 1.29 bits per heavy atom. The second kappa shape index (κ2) is 10.6. The summed E-state index contributed by atoms with van der Waals surface area (Å²) in [5.74, 6) is -1.53. The van der Waals surface area contributed by atoms with E-state index >= 15 is 0 Å². The van der Waals surface area contributed by atoms with E-state index in [0.29, 0.717) is 15.3 Å². The van der Waals surface area contributed by atoms with Crippen molar-refractivity contribution in [3.8, 4) is 11.8 Å². The van der Waals surface area contributed by atoms with Crippen molar-refractivity contribution in [1.29, 1.82) is 5.26 Å². The Morgan fingerprint density at radius 2 is 2.03 bits per heavy atom. The van der Waals surface area contributed by atoms with E-state index in [1.54, 1.807) is 19.2 Å². The van der Waals surface area contributed by atoms with Gasteiger partial charge < -0.3 is 9.84 Å². The molecule has 0 aliphatic carbocycles. The third kappa shape index (κ3) is 5.15. The molecule has 1 heterocycles. The minimum absolute atomic E-state index is 0.0908. The van der Waals surface area contributed by atoms with Gasteiger partial charge in [0, 0.05) is 17.2 Å². The van der Waals surface area contributed by atoms with Crippen molar-refractivity contribution in [1.82, 2.24) is 9.55 Å². The molecular weight excluding hydrogens is 482 g/mol. The van der Waals surface area contributed by atoms with Crippen LogP contribution in [-0.2, 0) is 14.3 Å². The van der Waals surface area contributed by atoms with E-state index in [-0.39, 0.29) is 24.6 Å². The topological polar surface area (TPSA) is 105 Å². The van der Waals surface area contributed by atoms with Gasteiger partial charge in [0.15, 0.2) is 5.16 Å². The Balaban J connectivity index is 1.83. The van der Waals surface area contributed by atoms with Gasteiger partial charge in [-0.1, -0.05) is 36.0 Å². The Morgan fingerprint density at radius 3 is 2.71 bits per heavy atom. The van der Waals surface area contributed by atoms with Crippen LogP contribution in [0.4, 0.5) is 0 Å². The van der Waals surface area contributed by atoms with Gasteiger partial charge in [0.1, 0.15) is 10.4 Å². The minimum atomic E-state index is -0.859. The summed E-state index contributed by atoms with van der Waals surface area (Å²) in [6, 6.07) is 13.4. The zero-order valence-corrected chi connectivity index (χ0v) is 19.1. The second-order valence-corrected chi connectivity index (χ2v) is 8.41. The van der Waals surface area contributed by atoms with Crippen LogP contribution < -0.4 is 0 Å². The fourth-order valence-corrected chi connectivity index (χ4v) is 4.61. The standard InChI is InChI=1S/C22H20BrN3O4S/c1-2-30-21(29)15(12-27)9-16(28)13-31-22-25-11-20(23)26(22)19-8-7-14(10-24)17-5-3-4-6-18(17)19/h3-8,11,15,27H,2,9,12-13H2,1H3. The van der Waals surface area contributed by atoms with E-state index in [0.717, 1.165) is 16.5 Å². The van der Waals surface area contributed by atoms with E-state index in [1.807, 2.05) is 34.9 Å². The molecule has 31 heavy (non-hydrogen) atoms. The van der Waals surface area contributed by atoms with E-state index in [9.17, 15) is 20.0 Å². The van der Waals surface area contributed by atoms with Gasteiger partial charge in [-0.25, -0.2) is 4.98 Å². The lowest BCUT2D eigenvalue weighted by Crippen LogP contribution is -2.25. The highest BCUT2D eigenvalue weighted by Gasteiger charge is 2.23. The van der Waals surface area contributed by atoms with Gasteiger partial charge in [0.25, 0.3) is 0 Å². The monoisotopic (exact) mass is 501 g/mol. The number of nitriles is 1. The van der Waals surface area contributed by atoms with Gasteiger partial charge in [-0.05, 0) is 35.0 Å². The molecule has 3 rings (SSSR count). The first-order valence-electron chi connectivity index (χ1n) is 9.57. The van der Waals surface area contributed by atoms with Gasteiger partial charge in [-0.3, -0.25) is 14.2 Å². The fourth-order valence-electron chi connectivity index (χ4n) is 3.17. The number of aliphatic hydroxyl groups is 1. The molecule has 0 bridgehead atoms. The maximum atomic E-state index is 12.4. The van der Waals surface area contributed by atoms with E-state index < -0.39 is 18.5 Å². The van der Waals surface area contributed by atoms with Crippen LogP contribution in [0.15, 0.2) is 52.4 Å². The number of carbonyl (C=O) groups excluding carboxylic acids is 2. The predicted octanol–water partition coefficient (Wildman–Crippen LogP) is 3.88. The first kappa shape index (κ1) is 23.0. The van der Waals surface area contributed by atoms with Gasteiger partial charge in [0.05, 0.1) is 48.4 Å². The SMILES string of the molecule is CCOC(=O)C(CO)CC(=O)CSc1ncc(Br)n1-c1ccc(C#N)c2ccccc12. The lowest BCUT2D eigenvalue weighted by atomic mass is 10.0. The molecule has 0 radical (unpaired) electrons. The molecule has 1 aromatic heterocycles. The molecule has 7 nitrogen and oxygen atoms in total. The molecule has 0 aliphatic rings. The molecule has 0 fully saturated rings. The Kier molecular flexibility index (Phi) is 7.85. The number of esters is 1. The van der Waals surface area contributed by atoms with Crippen LogP contribution >= 0.6 is 27.7 Å². The summed E-state index contributed by atoms with van der Waals surface area (Å²) in [6.07, 6.45) is 1.55. The summed E-state index contributed by atoms with van der Waals surface area (Å²) in [4.78, 5) is 28.6. The number of benzene rings is 2. The molecule has 1 atom stereocenters. The molecule has 0 spiro atoms. The number of Topliss-reactive ketones (excluding diaryl/α,β-unsaturated/α-hetero) is 1. The summed E-state index contributed by atoms with van der Waals surface area (Å²) >= 11 is 4.75. The molecule has 0 amide bonds. The van der Waals surface area contributed by atoms with Crippen molar-refractivity contribution in [2.24, 2.45) is 5.92 Å². The molecule has 1 unspecified atom stereocenters. The minimum Gasteiger partial charge on any atom is -0.466 e. The molecular formula is C22H20BrN3O4S. The van der Waals surface area contributed by atoms with Crippen LogP contribution in [0.1, 0.15) is 18.9 Å². The van der Waals surface area contributed by atoms with Gasteiger partial charge in [0.2, 0.25) is 0 Å². The number of fused-ring (bicyclic) bond motifs is 1. The molecule has 1 N–H and O–H groups in total. The second-order valence-electron chi connectivity index (χ2n) is 6.65. The smallest absolute Gasteiger partial charge is 0.311 e. The highest BCUT2D eigenvalue weighted by Crippen LogP contribution is 2.32. The van der Waals surface area contributed by atoms with Crippen LogP contribution in [0.3, 0.4) is 0 Å². The fraction of sp³-hybridized carbons (Fsp3) is 0.273. The van der Waals surface area contributed by atoms with Crippen LogP contribution in [0.25, 0.3) is 16.5 Å². The molecule has 2 aromatic carbocycles. The summed E-state index contributed by atoms with van der Waals surface area (Å²) < 4.78 is 7.47. The lowest BCUT2D eigenvalue weighted by molar-refractivity contribution is -0.150. The van der Waals surface area contributed by atoms with Crippen molar-refractivity contribution in [2.45, 2.75) is 18.5 Å². The number of carbonyl (C=O) groups is 2. The number of hydrogen-bond acceptors (Lipinski definition) is 7. The van der Waals surface area contributed by atoms with Gasteiger partial charge >= 0.3 is 5.97 Å². The number of halogens is 1. The van der Waals surface area contributed by atoms with E-state index in [1.165, 1.54) is 11.8 Å².